The molecule has 0 heterocycles. The van der Waals surface area contributed by atoms with Gasteiger partial charge in [-0.25, -0.2) is 0 Å². The Morgan fingerprint density at radius 2 is 2.00 bits per heavy atom. The van der Waals surface area contributed by atoms with Crippen LogP contribution in [-0.2, 0) is 0 Å². The van der Waals surface area contributed by atoms with Crippen molar-refractivity contribution in [1.29, 1.82) is 0 Å². The lowest BCUT2D eigenvalue weighted by molar-refractivity contribution is 0.552. The Morgan fingerprint density at radius 1 is 1.20 bits per heavy atom. The molecule has 0 aliphatic heterocycles. The summed E-state index contributed by atoms with van der Waals surface area (Å²) in [5.74, 6) is 0. The summed E-state index contributed by atoms with van der Waals surface area (Å²) >= 11 is 3.67. The number of benzene rings is 1. The van der Waals surface area contributed by atoms with E-state index in [1.807, 2.05) is 0 Å². The summed E-state index contributed by atoms with van der Waals surface area (Å²) in [7, 11) is 0. The van der Waals surface area contributed by atoms with E-state index >= 15 is 0 Å². The summed E-state index contributed by atoms with van der Waals surface area (Å²) < 4.78 is 1.21. The average molecular weight is 336 g/mol. The van der Waals surface area contributed by atoms with Gasteiger partial charge in [-0.2, -0.15) is 0 Å². The third-order valence-electron chi connectivity index (χ3n) is 4.23. The van der Waals surface area contributed by atoms with Gasteiger partial charge in [0.2, 0.25) is 0 Å². The summed E-state index contributed by atoms with van der Waals surface area (Å²) in [6, 6.07) is 6.94. The zero-order valence-electron chi connectivity index (χ0n) is 12.7. The van der Waals surface area contributed by atoms with Crippen molar-refractivity contribution in [2.45, 2.75) is 58.4 Å². The summed E-state index contributed by atoms with van der Waals surface area (Å²) in [5, 5.41) is 3.70. The van der Waals surface area contributed by atoms with Gasteiger partial charge in [0, 0.05) is 4.47 Å². The molecule has 0 aromatic heterocycles. The van der Waals surface area contributed by atoms with Crippen LogP contribution in [0.1, 0.15) is 62.6 Å². The van der Waals surface area contributed by atoms with E-state index in [-0.39, 0.29) is 0 Å². The Labute approximate surface area is 132 Å². The Hall–Kier alpha value is -0.600. The van der Waals surface area contributed by atoms with E-state index in [9.17, 15) is 0 Å². The normalized spacial score (nSPS) is 20.6. The summed E-state index contributed by atoms with van der Waals surface area (Å²) in [4.78, 5) is 0. The second-order valence-electron chi connectivity index (χ2n) is 5.68. The Bertz CT molecular complexity index is 464. The molecule has 0 saturated carbocycles. The van der Waals surface area contributed by atoms with Crippen molar-refractivity contribution >= 4 is 15.9 Å². The average Bonchev–Trinajstić information content (AvgIpc) is 2.40. The maximum Gasteiger partial charge on any atom is 0.0538 e. The maximum absolute atomic E-state index is 3.70. The highest BCUT2D eigenvalue weighted by molar-refractivity contribution is 9.10. The Kier molecular flexibility index (Phi) is 6.31. The van der Waals surface area contributed by atoms with Crippen LogP contribution >= 0.6 is 15.9 Å². The monoisotopic (exact) mass is 335 g/mol. The molecule has 1 atom stereocenters. The van der Waals surface area contributed by atoms with Gasteiger partial charge in [-0.15, -0.1) is 0 Å². The van der Waals surface area contributed by atoms with Crippen LogP contribution in [-0.4, -0.2) is 6.54 Å². The first-order valence-electron chi connectivity index (χ1n) is 7.91. The topological polar surface area (TPSA) is 12.0 Å². The van der Waals surface area contributed by atoms with Crippen LogP contribution in [0.4, 0.5) is 0 Å². The van der Waals surface area contributed by atoms with E-state index in [0.29, 0.717) is 6.04 Å². The molecule has 0 bridgehead atoms. The van der Waals surface area contributed by atoms with Crippen LogP contribution in [0, 0.1) is 6.92 Å². The molecule has 1 nitrogen and oxygen atoms in total. The minimum atomic E-state index is 0.385. The Morgan fingerprint density at radius 3 is 2.80 bits per heavy atom. The van der Waals surface area contributed by atoms with Gasteiger partial charge in [0.25, 0.3) is 0 Å². The highest BCUT2D eigenvalue weighted by atomic mass is 79.9. The minimum absolute atomic E-state index is 0.385. The first-order valence-corrected chi connectivity index (χ1v) is 8.70. The molecule has 0 radical (unpaired) electrons. The van der Waals surface area contributed by atoms with Gasteiger partial charge in [-0.1, -0.05) is 59.5 Å². The van der Waals surface area contributed by atoms with Crippen molar-refractivity contribution in [3.05, 3.63) is 45.4 Å². The van der Waals surface area contributed by atoms with Crippen LogP contribution in [0.3, 0.4) is 0 Å². The van der Waals surface area contributed by atoms with E-state index < -0.39 is 0 Å². The summed E-state index contributed by atoms with van der Waals surface area (Å²) in [6.45, 7) is 5.42. The zero-order valence-corrected chi connectivity index (χ0v) is 14.3. The number of likely N-dealkylation sites (N-methyl/N-ethyl adjacent to an activating group) is 1. The molecule has 1 aromatic rings. The Balaban J connectivity index is 2.31. The van der Waals surface area contributed by atoms with Crippen molar-refractivity contribution in [3.63, 3.8) is 0 Å². The van der Waals surface area contributed by atoms with Crippen molar-refractivity contribution in [1.82, 2.24) is 5.32 Å². The molecule has 110 valence electrons. The van der Waals surface area contributed by atoms with Gasteiger partial charge in [0.1, 0.15) is 0 Å². The molecule has 1 N–H and O–H groups in total. The lowest BCUT2D eigenvalue weighted by atomic mass is 9.89. The lowest BCUT2D eigenvalue weighted by Gasteiger charge is -2.25. The van der Waals surface area contributed by atoms with E-state index in [1.165, 1.54) is 54.1 Å². The predicted molar refractivity (Wildman–Crippen MR) is 91.1 cm³/mol. The molecule has 1 aliphatic rings. The second kappa shape index (κ2) is 7.99. The molecular weight excluding hydrogens is 310 g/mol. The van der Waals surface area contributed by atoms with Gasteiger partial charge < -0.3 is 5.32 Å². The first kappa shape index (κ1) is 15.8. The minimum Gasteiger partial charge on any atom is -0.307 e. The second-order valence-corrected chi connectivity index (χ2v) is 6.53. The van der Waals surface area contributed by atoms with Crippen molar-refractivity contribution in [2.24, 2.45) is 0 Å². The van der Waals surface area contributed by atoms with Crippen LogP contribution in [0.2, 0.25) is 0 Å². The molecule has 2 rings (SSSR count). The van der Waals surface area contributed by atoms with Crippen LogP contribution in [0.5, 0.6) is 0 Å². The van der Waals surface area contributed by atoms with E-state index in [4.69, 9.17) is 0 Å². The summed E-state index contributed by atoms with van der Waals surface area (Å²) in [6.07, 6.45) is 10.4. The third kappa shape index (κ3) is 3.95. The number of nitrogens with one attached hydrogen (secondary N) is 1. The fourth-order valence-electron chi connectivity index (χ4n) is 3.06. The fraction of sp³-hybridized carbons (Fsp3) is 0.556. The SMILES string of the molecule is CCNC(/C1=C/CCCCCC1)c1cccc(Br)c1C. The van der Waals surface area contributed by atoms with E-state index in [2.05, 4.69) is 59.4 Å². The number of rotatable bonds is 4. The molecule has 0 spiro atoms. The molecule has 20 heavy (non-hydrogen) atoms. The highest BCUT2D eigenvalue weighted by Crippen LogP contribution is 2.32. The number of allylic oxidation sites excluding steroid dienone is 1. The number of halogens is 1. The standard InChI is InChI=1S/C18H26BrN/c1-3-20-18(15-10-7-5-4-6-8-11-15)16-12-9-13-17(19)14(16)2/h9-10,12-13,18,20H,3-8,11H2,1-2H3/b15-10+. The van der Waals surface area contributed by atoms with Crippen LogP contribution in [0.25, 0.3) is 0 Å². The van der Waals surface area contributed by atoms with Crippen molar-refractivity contribution < 1.29 is 0 Å². The van der Waals surface area contributed by atoms with Gasteiger partial charge in [-0.05, 0) is 56.3 Å². The largest absolute Gasteiger partial charge is 0.307 e. The maximum atomic E-state index is 3.70. The predicted octanol–water partition coefficient (Wildman–Crippen LogP) is 5.69. The highest BCUT2D eigenvalue weighted by Gasteiger charge is 2.18. The molecule has 0 fully saturated rings. The van der Waals surface area contributed by atoms with Crippen molar-refractivity contribution in [3.8, 4) is 0 Å². The zero-order chi connectivity index (χ0) is 14.4. The molecule has 0 amide bonds. The smallest absolute Gasteiger partial charge is 0.0538 e. The van der Waals surface area contributed by atoms with Gasteiger partial charge in [0.05, 0.1) is 6.04 Å². The number of hydrogen-bond acceptors (Lipinski definition) is 1. The lowest BCUT2D eigenvalue weighted by Crippen LogP contribution is -2.24. The van der Waals surface area contributed by atoms with Crippen molar-refractivity contribution in [2.75, 3.05) is 6.54 Å². The van der Waals surface area contributed by atoms with Crippen LogP contribution < -0.4 is 5.32 Å². The van der Waals surface area contributed by atoms with Crippen LogP contribution in [0.15, 0.2) is 34.3 Å². The first-order chi connectivity index (χ1) is 9.74. The quantitative estimate of drug-likeness (QED) is 0.697. The molecule has 2 heteroatoms. The molecule has 1 unspecified atom stereocenters. The third-order valence-corrected chi connectivity index (χ3v) is 5.08. The number of hydrogen-bond donors (Lipinski definition) is 1. The molecular formula is C18H26BrN. The van der Waals surface area contributed by atoms with Gasteiger partial charge in [-0.3, -0.25) is 0 Å². The molecule has 1 aromatic carbocycles. The van der Waals surface area contributed by atoms with Gasteiger partial charge in [0.15, 0.2) is 0 Å². The molecule has 1 aliphatic carbocycles. The molecule has 0 saturated heterocycles. The fourth-order valence-corrected chi connectivity index (χ4v) is 3.44. The summed E-state index contributed by atoms with van der Waals surface area (Å²) in [5.41, 5.74) is 4.38. The van der Waals surface area contributed by atoms with E-state index in [0.717, 1.165) is 6.54 Å². The van der Waals surface area contributed by atoms with E-state index in [1.54, 1.807) is 5.57 Å². The van der Waals surface area contributed by atoms with Gasteiger partial charge >= 0.3 is 0 Å².